The average Bonchev–Trinajstić information content (AvgIpc) is 3.05. The van der Waals surface area contributed by atoms with Gasteiger partial charge in [-0.15, -0.1) is 0 Å². The molecule has 4 rings (SSSR count). The molecular weight excluding hydrogens is 388 g/mol. The van der Waals surface area contributed by atoms with Crippen LogP contribution in [0, 0.1) is 0 Å². The highest BCUT2D eigenvalue weighted by molar-refractivity contribution is 6.21. The number of carbonyl (C=O) groups excluding carboxylic acids is 3. The molecule has 1 aliphatic rings. The predicted molar refractivity (Wildman–Crippen MR) is 119 cm³/mol. The fraction of sp³-hybridized carbons (Fsp3) is 0.115. The van der Waals surface area contributed by atoms with Crippen LogP contribution >= 0.6 is 0 Å². The molecule has 1 atom stereocenters. The van der Waals surface area contributed by atoms with Crippen LogP contribution in [0.1, 0.15) is 36.6 Å². The maximum atomic E-state index is 12.7. The lowest BCUT2D eigenvalue weighted by molar-refractivity contribution is 0.0671. The van der Waals surface area contributed by atoms with E-state index in [0.717, 1.165) is 5.56 Å². The van der Waals surface area contributed by atoms with E-state index in [1.165, 1.54) is 4.90 Å². The molecule has 5 heteroatoms. The smallest absolute Gasteiger partial charge is 0.261 e. The lowest BCUT2D eigenvalue weighted by atomic mass is 10.0. The van der Waals surface area contributed by atoms with E-state index in [1.807, 2.05) is 54.6 Å². The van der Waals surface area contributed by atoms with Gasteiger partial charge < -0.3 is 5.32 Å². The molecule has 0 aromatic heterocycles. The molecular formula is C26H22N2O3. The molecule has 31 heavy (non-hydrogen) atoms. The van der Waals surface area contributed by atoms with Gasteiger partial charge in [0.25, 0.3) is 17.7 Å². The molecule has 0 radical (unpaired) electrons. The van der Waals surface area contributed by atoms with Crippen LogP contribution in [-0.2, 0) is 6.42 Å². The highest BCUT2D eigenvalue weighted by Gasteiger charge is 2.34. The Bertz CT molecular complexity index is 1090. The zero-order chi connectivity index (χ0) is 21.6. The number of carbonyl (C=O) groups is 3. The standard InChI is InChI=1S/C26H22N2O3/c29-24(20-12-5-2-6-13-20)27-21(18-19-10-3-1-4-11-19)14-9-17-28-25(30)22-15-7-8-16-23(22)26(28)31/h1-16,21H,17-18H2,(H,27,29)/b14-9+/t21-/m0/s1. The molecule has 1 aliphatic heterocycles. The molecule has 0 saturated heterocycles. The van der Waals surface area contributed by atoms with Crippen LogP contribution in [0.4, 0.5) is 0 Å². The minimum Gasteiger partial charge on any atom is -0.346 e. The van der Waals surface area contributed by atoms with Gasteiger partial charge >= 0.3 is 0 Å². The van der Waals surface area contributed by atoms with E-state index in [1.54, 1.807) is 42.5 Å². The first-order chi connectivity index (χ1) is 15.1. The summed E-state index contributed by atoms with van der Waals surface area (Å²) < 4.78 is 0. The van der Waals surface area contributed by atoms with Gasteiger partial charge in [-0.2, -0.15) is 0 Å². The zero-order valence-electron chi connectivity index (χ0n) is 16.9. The Morgan fingerprint density at radius 2 is 1.35 bits per heavy atom. The van der Waals surface area contributed by atoms with Crippen LogP contribution < -0.4 is 5.32 Å². The Morgan fingerprint density at radius 3 is 1.97 bits per heavy atom. The second-order valence-electron chi connectivity index (χ2n) is 7.33. The zero-order valence-corrected chi connectivity index (χ0v) is 16.9. The van der Waals surface area contributed by atoms with Crippen molar-refractivity contribution >= 4 is 17.7 Å². The van der Waals surface area contributed by atoms with Crippen LogP contribution in [0.2, 0.25) is 0 Å². The summed E-state index contributed by atoms with van der Waals surface area (Å²) in [6.07, 6.45) is 4.20. The number of benzene rings is 3. The summed E-state index contributed by atoms with van der Waals surface area (Å²) in [6.45, 7) is 0.152. The van der Waals surface area contributed by atoms with Crippen molar-refractivity contribution in [2.24, 2.45) is 0 Å². The van der Waals surface area contributed by atoms with Crippen LogP contribution in [0.3, 0.4) is 0 Å². The Kier molecular flexibility index (Phi) is 6.03. The molecule has 3 aromatic carbocycles. The normalized spacial score (nSPS) is 14.0. The Hall–Kier alpha value is -3.99. The molecule has 3 aromatic rings. The second kappa shape index (κ2) is 9.22. The van der Waals surface area contributed by atoms with Crippen LogP contribution in [0.5, 0.6) is 0 Å². The molecule has 0 bridgehead atoms. The number of nitrogens with zero attached hydrogens (tertiary/aromatic N) is 1. The molecule has 0 fully saturated rings. The lowest BCUT2D eigenvalue weighted by Gasteiger charge is -2.17. The number of rotatable bonds is 7. The fourth-order valence-electron chi connectivity index (χ4n) is 3.61. The first kappa shape index (κ1) is 20.3. The highest BCUT2D eigenvalue weighted by Crippen LogP contribution is 2.22. The summed E-state index contributed by atoms with van der Waals surface area (Å²) in [4.78, 5) is 39.0. The molecule has 3 amide bonds. The van der Waals surface area contributed by atoms with E-state index in [-0.39, 0.29) is 30.3 Å². The third-order valence-electron chi connectivity index (χ3n) is 5.19. The van der Waals surface area contributed by atoms with Gasteiger partial charge in [0, 0.05) is 12.1 Å². The summed E-state index contributed by atoms with van der Waals surface area (Å²) in [5.41, 5.74) is 2.51. The van der Waals surface area contributed by atoms with Crippen molar-refractivity contribution in [2.75, 3.05) is 6.54 Å². The van der Waals surface area contributed by atoms with E-state index >= 15 is 0 Å². The lowest BCUT2D eigenvalue weighted by Crippen LogP contribution is -2.35. The van der Waals surface area contributed by atoms with E-state index in [9.17, 15) is 14.4 Å². The third-order valence-corrected chi connectivity index (χ3v) is 5.19. The Balaban J connectivity index is 1.48. The van der Waals surface area contributed by atoms with E-state index in [2.05, 4.69) is 5.32 Å². The quantitative estimate of drug-likeness (QED) is 0.475. The van der Waals surface area contributed by atoms with Gasteiger partial charge in [-0.1, -0.05) is 72.8 Å². The molecule has 0 spiro atoms. The minimum atomic E-state index is -0.293. The number of imide groups is 1. The summed E-state index contributed by atoms with van der Waals surface area (Å²) >= 11 is 0. The van der Waals surface area contributed by atoms with E-state index in [4.69, 9.17) is 0 Å². The summed E-state index contributed by atoms with van der Waals surface area (Å²) in [5, 5.41) is 3.03. The summed E-state index contributed by atoms with van der Waals surface area (Å²) in [7, 11) is 0. The number of nitrogens with one attached hydrogen (secondary N) is 1. The highest BCUT2D eigenvalue weighted by atomic mass is 16.2. The van der Waals surface area contributed by atoms with Gasteiger partial charge in [0.15, 0.2) is 0 Å². The molecule has 5 nitrogen and oxygen atoms in total. The largest absolute Gasteiger partial charge is 0.346 e. The third kappa shape index (κ3) is 4.61. The number of hydrogen-bond donors (Lipinski definition) is 1. The molecule has 0 aliphatic carbocycles. The molecule has 1 heterocycles. The van der Waals surface area contributed by atoms with Crippen molar-refractivity contribution in [1.29, 1.82) is 0 Å². The van der Waals surface area contributed by atoms with Crippen molar-refractivity contribution < 1.29 is 14.4 Å². The van der Waals surface area contributed by atoms with Crippen LogP contribution in [-0.4, -0.2) is 35.2 Å². The molecule has 1 N–H and O–H groups in total. The van der Waals surface area contributed by atoms with Crippen LogP contribution in [0.25, 0.3) is 0 Å². The summed E-state index contributed by atoms with van der Waals surface area (Å²) in [5.74, 6) is -0.761. The molecule has 0 saturated carbocycles. The Morgan fingerprint density at radius 1 is 0.806 bits per heavy atom. The molecule has 154 valence electrons. The maximum absolute atomic E-state index is 12.7. The Labute approximate surface area is 181 Å². The predicted octanol–water partition coefficient (Wildman–Crippen LogP) is 3.88. The van der Waals surface area contributed by atoms with E-state index in [0.29, 0.717) is 23.1 Å². The second-order valence-corrected chi connectivity index (χ2v) is 7.33. The van der Waals surface area contributed by atoms with Crippen molar-refractivity contribution in [3.05, 3.63) is 119 Å². The maximum Gasteiger partial charge on any atom is 0.261 e. The number of fused-ring (bicyclic) bond motifs is 1. The topological polar surface area (TPSA) is 66.5 Å². The molecule has 0 unspecified atom stereocenters. The van der Waals surface area contributed by atoms with Crippen molar-refractivity contribution in [1.82, 2.24) is 10.2 Å². The van der Waals surface area contributed by atoms with Gasteiger partial charge in [0.05, 0.1) is 17.2 Å². The van der Waals surface area contributed by atoms with Gasteiger partial charge in [-0.25, -0.2) is 0 Å². The monoisotopic (exact) mass is 410 g/mol. The minimum absolute atomic E-state index is 0.152. The van der Waals surface area contributed by atoms with Crippen LogP contribution in [0.15, 0.2) is 97.1 Å². The number of amides is 3. The van der Waals surface area contributed by atoms with Crippen molar-refractivity contribution in [2.45, 2.75) is 12.5 Å². The van der Waals surface area contributed by atoms with Gasteiger partial charge in [0.1, 0.15) is 0 Å². The summed E-state index contributed by atoms with van der Waals surface area (Å²) in [6, 6.07) is 25.4. The van der Waals surface area contributed by atoms with Gasteiger partial charge in [-0.05, 0) is 36.2 Å². The first-order valence-electron chi connectivity index (χ1n) is 10.1. The fourth-order valence-corrected chi connectivity index (χ4v) is 3.61. The van der Waals surface area contributed by atoms with E-state index < -0.39 is 0 Å². The van der Waals surface area contributed by atoms with Gasteiger partial charge in [0.2, 0.25) is 0 Å². The SMILES string of the molecule is O=C(N[C@@H](/C=C/CN1C(=O)c2ccccc2C1=O)Cc1ccccc1)c1ccccc1. The number of hydrogen-bond acceptors (Lipinski definition) is 3. The average molecular weight is 410 g/mol. The van der Waals surface area contributed by atoms with Crippen molar-refractivity contribution in [3.63, 3.8) is 0 Å². The van der Waals surface area contributed by atoms with Crippen molar-refractivity contribution in [3.8, 4) is 0 Å². The first-order valence-corrected chi connectivity index (χ1v) is 10.1. The van der Waals surface area contributed by atoms with Gasteiger partial charge in [-0.3, -0.25) is 19.3 Å².